The van der Waals surface area contributed by atoms with Crippen molar-refractivity contribution in [1.29, 1.82) is 5.41 Å². The molecule has 7 nitrogen and oxygen atoms in total. The number of nitrogens with zero attached hydrogens (tertiary/aromatic N) is 1. The molecule has 1 aliphatic rings. The highest BCUT2D eigenvalue weighted by molar-refractivity contribution is 6.04. The van der Waals surface area contributed by atoms with E-state index in [0.29, 0.717) is 24.3 Å². The molecule has 0 bridgehead atoms. The Morgan fingerprint density at radius 2 is 1.45 bits per heavy atom. The van der Waals surface area contributed by atoms with Crippen LogP contribution in [0.1, 0.15) is 48.8 Å². The minimum Gasteiger partial charge on any atom is -0.491 e. The van der Waals surface area contributed by atoms with Gasteiger partial charge >= 0.3 is 5.97 Å². The standard InChI is InChI=1S/C37H39N3O4/c1-37(36(42)43-2)24-31(25-44-32-21-19-27(20-22-32)26-15-17-30(18-16-26)34(38)39)40(35(37)41)23-9-14-33(28-10-5-3-6-11-28)29-12-7-4-8-13-29/h3-8,10-13,15-22,31,33H,9,14,23-25H2,1-2H3,(H3,38,39)/t31-,37-/m0/s1. The molecule has 1 aliphatic heterocycles. The molecule has 1 heterocycles. The van der Waals surface area contributed by atoms with Gasteiger partial charge in [0, 0.05) is 18.0 Å². The Morgan fingerprint density at radius 3 is 1.98 bits per heavy atom. The Kier molecular flexibility index (Phi) is 9.44. The number of carbonyl (C=O) groups is 2. The summed E-state index contributed by atoms with van der Waals surface area (Å²) in [6.07, 6.45) is 1.96. The van der Waals surface area contributed by atoms with Crippen LogP contribution < -0.4 is 10.5 Å². The molecule has 226 valence electrons. The predicted octanol–water partition coefficient (Wildman–Crippen LogP) is 6.41. The second-order valence-electron chi connectivity index (χ2n) is 11.5. The number of likely N-dealkylation sites (tertiary alicyclic amines) is 1. The van der Waals surface area contributed by atoms with Crippen molar-refractivity contribution in [3.8, 4) is 16.9 Å². The first-order valence-corrected chi connectivity index (χ1v) is 15.0. The fourth-order valence-electron chi connectivity index (χ4n) is 6.12. The number of nitrogens with two attached hydrogens (primary N) is 1. The molecule has 2 atom stereocenters. The zero-order chi connectivity index (χ0) is 31.1. The number of rotatable bonds is 12. The smallest absolute Gasteiger partial charge is 0.321 e. The third-order valence-electron chi connectivity index (χ3n) is 8.58. The maximum Gasteiger partial charge on any atom is 0.321 e. The van der Waals surface area contributed by atoms with Crippen molar-refractivity contribution in [3.05, 3.63) is 126 Å². The summed E-state index contributed by atoms with van der Waals surface area (Å²) in [5.41, 5.74) is 9.51. The maximum atomic E-state index is 13.7. The number of hydrogen-bond donors (Lipinski definition) is 2. The highest BCUT2D eigenvalue weighted by Crippen LogP contribution is 2.38. The van der Waals surface area contributed by atoms with Crippen molar-refractivity contribution >= 4 is 17.7 Å². The summed E-state index contributed by atoms with van der Waals surface area (Å²) >= 11 is 0. The van der Waals surface area contributed by atoms with Crippen molar-refractivity contribution in [2.24, 2.45) is 11.1 Å². The molecule has 0 unspecified atom stereocenters. The lowest BCUT2D eigenvalue weighted by Crippen LogP contribution is -2.41. The number of benzene rings is 4. The number of ether oxygens (including phenoxy) is 2. The predicted molar refractivity (Wildman–Crippen MR) is 173 cm³/mol. The Balaban J connectivity index is 1.27. The van der Waals surface area contributed by atoms with Crippen molar-refractivity contribution in [3.63, 3.8) is 0 Å². The van der Waals surface area contributed by atoms with E-state index >= 15 is 0 Å². The zero-order valence-corrected chi connectivity index (χ0v) is 25.2. The topological polar surface area (TPSA) is 106 Å². The summed E-state index contributed by atoms with van der Waals surface area (Å²) in [5.74, 6) is 0.200. The highest BCUT2D eigenvalue weighted by Gasteiger charge is 2.54. The van der Waals surface area contributed by atoms with Gasteiger partial charge in [0.15, 0.2) is 0 Å². The Bertz CT molecular complexity index is 1530. The average Bonchev–Trinajstić information content (AvgIpc) is 3.31. The summed E-state index contributed by atoms with van der Waals surface area (Å²) in [6, 6.07) is 35.9. The van der Waals surface area contributed by atoms with E-state index in [4.69, 9.17) is 20.6 Å². The lowest BCUT2D eigenvalue weighted by atomic mass is 9.87. The molecular formula is C37H39N3O4. The van der Waals surface area contributed by atoms with E-state index in [2.05, 4.69) is 48.5 Å². The first-order valence-electron chi connectivity index (χ1n) is 15.0. The second-order valence-corrected chi connectivity index (χ2v) is 11.5. The summed E-state index contributed by atoms with van der Waals surface area (Å²) in [5, 5.41) is 7.58. The summed E-state index contributed by atoms with van der Waals surface area (Å²) < 4.78 is 11.2. The number of carbonyl (C=O) groups excluding carboxylic acids is 2. The minimum absolute atomic E-state index is 0.0373. The van der Waals surface area contributed by atoms with Crippen LogP contribution in [0, 0.1) is 10.8 Å². The number of methoxy groups -OCH3 is 1. The number of nitrogens with one attached hydrogen (secondary N) is 1. The van der Waals surface area contributed by atoms with Gasteiger partial charge in [-0.15, -0.1) is 0 Å². The van der Waals surface area contributed by atoms with Gasteiger partial charge in [0.05, 0.1) is 13.2 Å². The van der Waals surface area contributed by atoms with E-state index in [1.54, 1.807) is 6.92 Å². The average molecular weight is 590 g/mol. The molecule has 1 amide bonds. The van der Waals surface area contributed by atoms with E-state index in [-0.39, 0.29) is 30.3 Å². The monoisotopic (exact) mass is 589 g/mol. The molecule has 44 heavy (non-hydrogen) atoms. The molecule has 0 saturated carbocycles. The van der Waals surface area contributed by atoms with Gasteiger partial charge in [-0.25, -0.2) is 0 Å². The summed E-state index contributed by atoms with van der Waals surface area (Å²) in [7, 11) is 1.33. The minimum atomic E-state index is -1.24. The van der Waals surface area contributed by atoms with Gasteiger partial charge in [-0.2, -0.15) is 0 Å². The second kappa shape index (κ2) is 13.6. The highest BCUT2D eigenvalue weighted by atomic mass is 16.5. The Morgan fingerprint density at radius 1 is 0.909 bits per heavy atom. The summed E-state index contributed by atoms with van der Waals surface area (Å²) in [4.78, 5) is 28.3. The molecule has 0 radical (unpaired) electrons. The lowest BCUT2D eigenvalue weighted by Gasteiger charge is -2.26. The van der Waals surface area contributed by atoms with Crippen LogP contribution >= 0.6 is 0 Å². The lowest BCUT2D eigenvalue weighted by molar-refractivity contribution is -0.157. The van der Waals surface area contributed by atoms with Crippen LogP contribution in [0.25, 0.3) is 11.1 Å². The van der Waals surface area contributed by atoms with Gasteiger partial charge in [0.1, 0.15) is 23.6 Å². The molecule has 0 aliphatic carbocycles. The van der Waals surface area contributed by atoms with Crippen LogP contribution in [0.2, 0.25) is 0 Å². The summed E-state index contributed by atoms with van der Waals surface area (Å²) in [6.45, 7) is 2.47. The molecule has 0 aromatic heterocycles. The third kappa shape index (κ3) is 6.67. The van der Waals surface area contributed by atoms with Crippen molar-refractivity contribution in [2.45, 2.75) is 38.1 Å². The largest absolute Gasteiger partial charge is 0.491 e. The van der Waals surface area contributed by atoms with Crippen LogP contribution in [-0.4, -0.2) is 48.9 Å². The fraction of sp³-hybridized carbons (Fsp3) is 0.270. The number of amidine groups is 1. The van der Waals surface area contributed by atoms with Gasteiger partial charge in [0.25, 0.3) is 0 Å². The van der Waals surface area contributed by atoms with Crippen LogP contribution in [-0.2, 0) is 14.3 Å². The van der Waals surface area contributed by atoms with Crippen LogP contribution in [0.5, 0.6) is 5.75 Å². The molecule has 4 aromatic rings. The van der Waals surface area contributed by atoms with Gasteiger partial charge < -0.3 is 20.1 Å². The van der Waals surface area contributed by atoms with Crippen molar-refractivity contribution in [1.82, 2.24) is 4.90 Å². The zero-order valence-electron chi connectivity index (χ0n) is 25.2. The van der Waals surface area contributed by atoms with E-state index in [1.807, 2.05) is 65.6 Å². The van der Waals surface area contributed by atoms with E-state index in [1.165, 1.54) is 18.2 Å². The number of esters is 1. The molecule has 0 spiro atoms. The first-order chi connectivity index (χ1) is 21.3. The normalized spacial score (nSPS) is 17.9. The SMILES string of the molecule is COC(=O)[C@@]1(C)C[C@@H](COc2ccc(-c3ccc(C(=N)N)cc3)cc2)N(CCCC(c2ccccc2)c2ccccc2)C1=O. The fourth-order valence-corrected chi connectivity index (χ4v) is 6.12. The van der Waals surface area contributed by atoms with E-state index in [9.17, 15) is 9.59 Å². The molecule has 4 aromatic carbocycles. The number of hydrogen-bond acceptors (Lipinski definition) is 5. The van der Waals surface area contributed by atoms with E-state index < -0.39 is 11.4 Å². The third-order valence-corrected chi connectivity index (χ3v) is 8.58. The first kappa shape index (κ1) is 30.5. The molecule has 5 rings (SSSR count). The van der Waals surface area contributed by atoms with Crippen LogP contribution in [0.15, 0.2) is 109 Å². The van der Waals surface area contributed by atoms with Crippen molar-refractivity contribution < 1.29 is 19.1 Å². The molecule has 1 saturated heterocycles. The van der Waals surface area contributed by atoms with Crippen molar-refractivity contribution in [2.75, 3.05) is 20.3 Å². The molecule has 7 heteroatoms. The van der Waals surface area contributed by atoms with Gasteiger partial charge in [-0.05, 0) is 60.6 Å². The molecule has 1 fully saturated rings. The Hall–Kier alpha value is -4.91. The number of nitrogen functional groups attached to an aromatic ring is 1. The van der Waals surface area contributed by atoms with Crippen LogP contribution in [0.3, 0.4) is 0 Å². The van der Waals surface area contributed by atoms with Gasteiger partial charge in [-0.3, -0.25) is 15.0 Å². The molecule has 3 N–H and O–H groups in total. The Labute approximate surface area is 259 Å². The van der Waals surface area contributed by atoms with Gasteiger partial charge in [-0.1, -0.05) is 97.1 Å². The quantitative estimate of drug-likeness (QED) is 0.0860. The van der Waals surface area contributed by atoms with E-state index in [0.717, 1.165) is 24.0 Å². The maximum absolute atomic E-state index is 13.7. The number of amides is 1. The molecular weight excluding hydrogens is 550 g/mol. The van der Waals surface area contributed by atoms with Crippen LogP contribution in [0.4, 0.5) is 0 Å². The van der Waals surface area contributed by atoms with Gasteiger partial charge in [0.2, 0.25) is 5.91 Å².